The number of halogens is 1. The quantitative estimate of drug-likeness (QED) is 0.583. The van der Waals surface area contributed by atoms with Gasteiger partial charge in [0, 0.05) is 0 Å². The van der Waals surface area contributed by atoms with Crippen LogP contribution in [0.4, 0.5) is 4.39 Å². The molecule has 0 saturated heterocycles. The van der Waals surface area contributed by atoms with Crippen molar-refractivity contribution in [1.82, 2.24) is 10.3 Å². The van der Waals surface area contributed by atoms with Crippen molar-refractivity contribution in [2.45, 2.75) is 25.8 Å². The van der Waals surface area contributed by atoms with Crippen LogP contribution in [0.15, 0.2) is 36.5 Å². The molecule has 0 aliphatic carbocycles. The first-order chi connectivity index (χ1) is 11.9. The summed E-state index contributed by atoms with van der Waals surface area (Å²) in [5, 5.41) is 2.88. The standard InChI is InChI=1S/C19H20AsFN2O2/c1-5-19(3,6-2)23-18(24)16-8-7-9-22-17(16)20-13-10-14(21)12-15(11-13)25-4/h1,7-12,20H,6H2,2-4H3,(H,23,24)/t19-/m1/s1. The van der Waals surface area contributed by atoms with Gasteiger partial charge < -0.3 is 0 Å². The second kappa shape index (κ2) is 8.18. The average Bonchev–Trinajstić information content (AvgIpc) is 2.61. The molecule has 1 aromatic carbocycles. The first-order valence-electron chi connectivity index (χ1n) is 7.77. The van der Waals surface area contributed by atoms with Gasteiger partial charge in [-0.2, -0.15) is 0 Å². The molecule has 1 unspecified atom stereocenters. The van der Waals surface area contributed by atoms with E-state index in [1.807, 2.05) is 6.92 Å². The summed E-state index contributed by atoms with van der Waals surface area (Å²) in [6, 6.07) is 7.97. The van der Waals surface area contributed by atoms with E-state index in [0.29, 0.717) is 22.2 Å². The molecule has 0 aliphatic rings. The fraction of sp³-hybridized carbons (Fsp3) is 0.263. The van der Waals surface area contributed by atoms with Crippen LogP contribution in [0.2, 0.25) is 0 Å². The number of rotatable bonds is 6. The number of hydrogen-bond donors (Lipinski definition) is 1. The van der Waals surface area contributed by atoms with Gasteiger partial charge in [0.05, 0.1) is 0 Å². The van der Waals surface area contributed by atoms with Gasteiger partial charge in [0.25, 0.3) is 0 Å². The zero-order valence-electron chi connectivity index (χ0n) is 14.4. The topological polar surface area (TPSA) is 51.2 Å². The summed E-state index contributed by atoms with van der Waals surface area (Å²) < 4.78 is 20.3. The van der Waals surface area contributed by atoms with Crippen molar-refractivity contribution in [2.24, 2.45) is 0 Å². The zero-order chi connectivity index (χ0) is 18.4. The molecule has 0 bridgehead atoms. The van der Waals surface area contributed by atoms with Gasteiger partial charge in [-0.3, -0.25) is 0 Å². The third-order valence-electron chi connectivity index (χ3n) is 3.84. The molecule has 25 heavy (non-hydrogen) atoms. The molecule has 2 atom stereocenters. The van der Waals surface area contributed by atoms with Crippen LogP contribution >= 0.6 is 0 Å². The molecule has 4 nitrogen and oxygen atoms in total. The number of carbonyl (C=O) groups is 1. The number of ether oxygens (including phenoxy) is 1. The van der Waals surface area contributed by atoms with Crippen LogP contribution in [-0.2, 0) is 0 Å². The fourth-order valence-corrected chi connectivity index (χ4v) is 4.57. The first kappa shape index (κ1) is 19.0. The van der Waals surface area contributed by atoms with E-state index in [1.165, 1.54) is 19.2 Å². The molecule has 2 aromatic rings. The Morgan fingerprint density at radius 3 is 2.88 bits per heavy atom. The number of nitrogens with one attached hydrogen (secondary N) is 1. The van der Waals surface area contributed by atoms with Gasteiger partial charge in [-0.1, -0.05) is 0 Å². The molecule has 0 radical (unpaired) electrons. The van der Waals surface area contributed by atoms with Crippen molar-refractivity contribution in [1.29, 1.82) is 0 Å². The van der Waals surface area contributed by atoms with Crippen molar-refractivity contribution in [3.8, 4) is 18.1 Å². The van der Waals surface area contributed by atoms with Gasteiger partial charge >= 0.3 is 154 Å². The Hall–Kier alpha value is -2.31. The third-order valence-corrected chi connectivity index (χ3v) is 6.38. The predicted molar refractivity (Wildman–Crippen MR) is 98.6 cm³/mol. The molecule has 130 valence electrons. The Morgan fingerprint density at radius 2 is 2.24 bits per heavy atom. The maximum atomic E-state index is 13.7. The molecule has 1 N–H and O–H groups in total. The monoisotopic (exact) mass is 402 g/mol. The summed E-state index contributed by atoms with van der Waals surface area (Å²) in [5.41, 5.74) is -0.243. The first-order valence-corrected chi connectivity index (χ1v) is 9.87. The number of nitrogens with zero attached hydrogens (tertiary/aromatic N) is 1. The normalized spacial score (nSPS) is 13.2. The number of aromatic nitrogens is 1. The fourth-order valence-electron chi connectivity index (χ4n) is 2.12. The third kappa shape index (κ3) is 4.84. The van der Waals surface area contributed by atoms with Crippen molar-refractivity contribution in [3.63, 3.8) is 0 Å². The maximum absolute atomic E-state index is 13.7. The second-order valence-electron chi connectivity index (χ2n) is 5.69. The Balaban J connectivity index is 2.31. The number of carbonyl (C=O) groups excluding carboxylic acids is 1. The van der Waals surface area contributed by atoms with Gasteiger partial charge in [-0.25, -0.2) is 0 Å². The Bertz CT molecular complexity index is 819. The van der Waals surface area contributed by atoms with Gasteiger partial charge in [0.2, 0.25) is 0 Å². The van der Waals surface area contributed by atoms with Crippen molar-refractivity contribution >= 4 is 30.5 Å². The molecule has 1 aromatic heterocycles. The summed E-state index contributed by atoms with van der Waals surface area (Å²) in [6.07, 6.45) is 7.77. The van der Waals surface area contributed by atoms with Crippen LogP contribution in [0.25, 0.3) is 0 Å². The van der Waals surface area contributed by atoms with E-state index in [9.17, 15) is 9.18 Å². The van der Waals surface area contributed by atoms with Gasteiger partial charge in [-0.05, 0) is 0 Å². The number of hydrogen-bond acceptors (Lipinski definition) is 3. The van der Waals surface area contributed by atoms with E-state index >= 15 is 0 Å². The summed E-state index contributed by atoms with van der Waals surface area (Å²) in [5.74, 6) is 2.43. The van der Waals surface area contributed by atoms with Crippen LogP contribution in [0.3, 0.4) is 0 Å². The number of amides is 1. The Morgan fingerprint density at radius 1 is 1.48 bits per heavy atom. The molecular weight excluding hydrogens is 382 g/mol. The molecular formula is C19H20AsFN2O2. The molecule has 0 spiro atoms. The number of benzene rings is 1. The Labute approximate surface area is 153 Å². The van der Waals surface area contributed by atoms with E-state index in [4.69, 9.17) is 11.2 Å². The van der Waals surface area contributed by atoms with E-state index in [0.717, 1.165) is 4.35 Å². The molecule has 1 heterocycles. The van der Waals surface area contributed by atoms with Crippen molar-refractivity contribution in [2.75, 3.05) is 7.11 Å². The van der Waals surface area contributed by atoms with Crippen LogP contribution in [-0.4, -0.2) is 39.3 Å². The Kier molecular flexibility index (Phi) is 6.22. The summed E-state index contributed by atoms with van der Waals surface area (Å²) in [4.78, 5) is 17.0. The van der Waals surface area contributed by atoms with Crippen LogP contribution < -0.4 is 18.9 Å². The van der Waals surface area contributed by atoms with Crippen molar-refractivity contribution < 1.29 is 13.9 Å². The molecule has 1 amide bonds. The van der Waals surface area contributed by atoms with E-state index < -0.39 is 21.3 Å². The van der Waals surface area contributed by atoms with Gasteiger partial charge in [0.15, 0.2) is 0 Å². The van der Waals surface area contributed by atoms with E-state index in [-0.39, 0.29) is 11.7 Å². The van der Waals surface area contributed by atoms with Crippen LogP contribution in [0, 0.1) is 18.2 Å². The summed E-state index contributed by atoms with van der Waals surface area (Å²) in [7, 11) is 1.49. The van der Waals surface area contributed by atoms with Crippen LogP contribution in [0.5, 0.6) is 5.75 Å². The van der Waals surface area contributed by atoms with Gasteiger partial charge in [0.1, 0.15) is 0 Å². The zero-order valence-corrected chi connectivity index (χ0v) is 16.5. The van der Waals surface area contributed by atoms with E-state index in [1.54, 1.807) is 31.3 Å². The second-order valence-corrected chi connectivity index (χ2v) is 8.42. The number of pyridine rings is 1. The predicted octanol–water partition coefficient (Wildman–Crippen LogP) is 1.15. The van der Waals surface area contributed by atoms with Crippen LogP contribution in [0.1, 0.15) is 30.6 Å². The summed E-state index contributed by atoms with van der Waals surface area (Å²) >= 11 is -1.02. The summed E-state index contributed by atoms with van der Waals surface area (Å²) in [6.45, 7) is 3.71. The minimum atomic E-state index is -1.02. The van der Waals surface area contributed by atoms with Gasteiger partial charge in [-0.15, -0.1) is 0 Å². The molecule has 0 fully saturated rings. The van der Waals surface area contributed by atoms with Crippen molar-refractivity contribution in [3.05, 3.63) is 47.9 Å². The number of methoxy groups -OCH3 is 1. The molecule has 0 aliphatic heterocycles. The molecule has 0 saturated carbocycles. The van der Waals surface area contributed by atoms with E-state index in [2.05, 4.69) is 16.2 Å². The number of terminal acetylenes is 1. The SMILES string of the molecule is C#C[C@](C)(CC)NC(=O)c1cccnc1[AsH]c1cc(F)cc(OC)c1. The minimum absolute atomic E-state index is 0.266. The molecule has 6 heteroatoms. The molecule has 2 rings (SSSR count). The average molecular weight is 402 g/mol.